The molecule has 3 aromatic rings. The number of hydrogen-bond donors (Lipinski definition) is 1. The predicted octanol–water partition coefficient (Wildman–Crippen LogP) is 3.42. The van der Waals surface area contributed by atoms with Crippen LogP contribution in [0.2, 0.25) is 0 Å². The summed E-state index contributed by atoms with van der Waals surface area (Å²) in [6.07, 6.45) is 2.53. The molecule has 0 fully saturated rings. The summed E-state index contributed by atoms with van der Waals surface area (Å²) in [7, 11) is -3.27. The smallest absolute Gasteiger partial charge is 0.345 e. The Morgan fingerprint density at radius 2 is 1.64 bits per heavy atom. The van der Waals surface area contributed by atoms with Crippen LogP contribution in [0.15, 0.2) is 64.4 Å². The van der Waals surface area contributed by atoms with E-state index in [2.05, 4.69) is 9.97 Å². The Hall–Kier alpha value is -3.13. The zero-order valence-electron chi connectivity index (χ0n) is 15.7. The zero-order valence-corrected chi connectivity index (χ0v) is 16.5. The van der Waals surface area contributed by atoms with Crippen molar-refractivity contribution in [3.05, 3.63) is 65.2 Å². The van der Waals surface area contributed by atoms with E-state index in [0.29, 0.717) is 28.5 Å². The van der Waals surface area contributed by atoms with E-state index in [1.165, 1.54) is 18.3 Å². The largest absolute Gasteiger partial charge is 0.491 e. The van der Waals surface area contributed by atoms with Crippen molar-refractivity contribution in [3.63, 3.8) is 0 Å². The molecule has 1 heterocycles. The first-order valence-corrected chi connectivity index (χ1v) is 10.5. The first-order valence-electron chi connectivity index (χ1n) is 8.56. The van der Waals surface area contributed by atoms with Gasteiger partial charge in [-0.1, -0.05) is 0 Å². The van der Waals surface area contributed by atoms with Crippen molar-refractivity contribution >= 4 is 9.84 Å². The summed E-state index contributed by atoms with van der Waals surface area (Å²) in [4.78, 5) is 18.1. The summed E-state index contributed by atoms with van der Waals surface area (Å²) in [6.45, 7) is 3.82. The van der Waals surface area contributed by atoms with Crippen LogP contribution in [0.4, 0.5) is 0 Å². The lowest BCUT2D eigenvalue weighted by molar-refractivity contribution is 0.241. The van der Waals surface area contributed by atoms with Crippen molar-refractivity contribution in [1.82, 2.24) is 9.97 Å². The number of aromatic amines is 1. The average molecular weight is 400 g/mol. The molecule has 0 atom stereocenters. The van der Waals surface area contributed by atoms with Crippen molar-refractivity contribution in [2.24, 2.45) is 0 Å². The Bertz CT molecular complexity index is 1140. The lowest BCUT2D eigenvalue weighted by atomic mass is 10.1. The fraction of sp³-hybridized carbons (Fsp3) is 0.200. The maximum absolute atomic E-state index is 11.6. The molecular formula is C20H20N2O5S. The second-order valence-corrected chi connectivity index (χ2v) is 8.51. The van der Waals surface area contributed by atoms with Crippen LogP contribution in [0, 0.1) is 0 Å². The standard InChI is InChI=1S/C20H20N2O5S/c1-13(2)26-16-10-14(19-8-9-21-20(23)22-19)11-17(12-16)27-15-4-6-18(7-5-15)28(3,24)25/h4-13H,1-3H3,(H,21,22,23). The Morgan fingerprint density at radius 3 is 2.25 bits per heavy atom. The van der Waals surface area contributed by atoms with Gasteiger partial charge in [0, 0.05) is 24.1 Å². The highest BCUT2D eigenvalue weighted by molar-refractivity contribution is 7.90. The molecule has 7 nitrogen and oxygen atoms in total. The van der Waals surface area contributed by atoms with Crippen LogP contribution in [-0.2, 0) is 9.84 Å². The van der Waals surface area contributed by atoms with Gasteiger partial charge in [-0.05, 0) is 56.3 Å². The first-order chi connectivity index (χ1) is 13.2. The molecule has 0 radical (unpaired) electrons. The third-order valence-corrected chi connectivity index (χ3v) is 4.85. The summed E-state index contributed by atoms with van der Waals surface area (Å²) in [5, 5.41) is 0. The number of sulfone groups is 1. The molecule has 0 saturated heterocycles. The van der Waals surface area contributed by atoms with Gasteiger partial charge < -0.3 is 14.5 Å². The van der Waals surface area contributed by atoms with Crippen LogP contribution in [0.3, 0.4) is 0 Å². The summed E-state index contributed by atoms with van der Waals surface area (Å²) in [6, 6.07) is 13.1. The summed E-state index contributed by atoms with van der Waals surface area (Å²) in [5.41, 5.74) is 0.818. The summed E-state index contributed by atoms with van der Waals surface area (Å²) >= 11 is 0. The van der Waals surface area contributed by atoms with E-state index in [0.717, 1.165) is 6.26 Å². The number of ether oxygens (including phenoxy) is 2. The van der Waals surface area contributed by atoms with Crippen molar-refractivity contribution in [1.29, 1.82) is 0 Å². The molecule has 3 rings (SSSR count). The van der Waals surface area contributed by atoms with E-state index in [1.54, 1.807) is 36.4 Å². The highest BCUT2D eigenvalue weighted by atomic mass is 32.2. The minimum Gasteiger partial charge on any atom is -0.491 e. The molecule has 8 heteroatoms. The van der Waals surface area contributed by atoms with Gasteiger partial charge in [-0.25, -0.2) is 18.2 Å². The number of H-pyrrole nitrogens is 1. The number of hydrogen-bond acceptors (Lipinski definition) is 6. The minimum absolute atomic E-state index is 0.0476. The van der Waals surface area contributed by atoms with E-state index in [-0.39, 0.29) is 11.0 Å². The maximum Gasteiger partial charge on any atom is 0.345 e. The topological polar surface area (TPSA) is 98.3 Å². The van der Waals surface area contributed by atoms with Crippen LogP contribution in [-0.4, -0.2) is 30.7 Å². The van der Waals surface area contributed by atoms with E-state index in [1.807, 2.05) is 13.8 Å². The highest BCUT2D eigenvalue weighted by Gasteiger charge is 2.10. The summed E-state index contributed by atoms with van der Waals surface area (Å²) < 4.78 is 34.8. The van der Waals surface area contributed by atoms with Gasteiger partial charge in [-0.3, -0.25) is 0 Å². The molecule has 0 aliphatic carbocycles. The Balaban J connectivity index is 1.97. The monoisotopic (exact) mass is 400 g/mol. The lowest BCUT2D eigenvalue weighted by Gasteiger charge is -2.14. The minimum atomic E-state index is -3.27. The SMILES string of the molecule is CC(C)Oc1cc(Oc2ccc(S(C)(=O)=O)cc2)cc(-c2ccnc(=O)[nH]2)c1. The van der Waals surface area contributed by atoms with Crippen molar-refractivity contribution in [3.8, 4) is 28.5 Å². The Kier molecular flexibility index (Phi) is 5.51. The van der Waals surface area contributed by atoms with Crippen molar-refractivity contribution in [2.45, 2.75) is 24.8 Å². The van der Waals surface area contributed by atoms with Gasteiger partial charge in [0.25, 0.3) is 0 Å². The fourth-order valence-corrected chi connectivity index (χ4v) is 3.18. The molecule has 0 bridgehead atoms. The molecule has 0 aliphatic heterocycles. The number of nitrogens with one attached hydrogen (secondary N) is 1. The van der Waals surface area contributed by atoms with E-state index < -0.39 is 15.5 Å². The van der Waals surface area contributed by atoms with Gasteiger partial charge in [0.2, 0.25) is 0 Å². The Labute approximate surface area is 162 Å². The highest BCUT2D eigenvalue weighted by Crippen LogP contribution is 2.32. The van der Waals surface area contributed by atoms with Crippen LogP contribution in [0.25, 0.3) is 11.3 Å². The van der Waals surface area contributed by atoms with Gasteiger partial charge in [0.05, 0.1) is 16.7 Å². The van der Waals surface area contributed by atoms with E-state index in [9.17, 15) is 13.2 Å². The van der Waals surface area contributed by atoms with Gasteiger partial charge in [0.1, 0.15) is 17.2 Å². The molecule has 1 N–H and O–H groups in total. The zero-order chi connectivity index (χ0) is 20.3. The second kappa shape index (κ2) is 7.85. The fourth-order valence-electron chi connectivity index (χ4n) is 2.55. The lowest BCUT2D eigenvalue weighted by Crippen LogP contribution is -2.09. The third-order valence-electron chi connectivity index (χ3n) is 3.73. The first kappa shape index (κ1) is 19.6. The molecule has 0 spiro atoms. The molecule has 146 valence electrons. The third kappa shape index (κ3) is 4.98. The van der Waals surface area contributed by atoms with Crippen LogP contribution < -0.4 is 15.2 Å². The molecule has 28 heavy (non-hydrogen) atoms. The molecular weight excluding hydrogens is 380 g/mol. The Morgan fingerprint density at radius 1 is 0.964 bits per heavy atom. The van der Waals surface area contributed by atoms with Gasteiger partial charge in [0.15, 0.2) is 9.84 Å². The number of benzene rings is 2. The molecule has 0 unspecified atom stereocenters. The molecule has 0 saturated carbocycles. The number of rotatable bonds is 6. The second-order valence-electron chi connectivity index (χ2n) is 6.49. The number of aromatic nitrogens is 2. The van der Waals surface area contributed by atoms with Crippen molar-refractivity contribution < 1.29 is 17.9 Å². The normalized spacial score (nSPS) is 11.4. The maximum atomic E-state index is 11.6. The predicted molar refractivity (Wildman–Crippen MR) is 106 cm³/mol. The van der Waals surface area contributed by atoms with Crippen molar-refractivity contribution in [2.75, 3.05) is 6.26 Å². The quantitative estimate of drug-likeness (QED) is 0.681. The molecule has 2 aromatic carbocycles. The van der Waals surface area contributed by atoms with Crippen LogP contribution in [0.1, 0.15) is 13.8 Å². The van der Waals surface area contributed by atoms with Crippen LogP contribution >= 0.6 is 0 Å². The van der Waals surface area contributed by atoms with Gasteiger partial charge in [-0.15, -0.1) is 0 Å². The molecule has 1 aromatic heterocycles. The summed E-state index contributed by atoms with van der Waals surface area (Å²) in [5.74, 6) is 1.54. The number of nitrogens with zero attached hydrogens (tertiary/aromatic N) is 1. The average Bonchev–Trinajstić information content (AvgIpc) is 2.60. The molecule has 0 aliphatic rings. The van der Waals surface area contributed by atoms with Crippen LogP contribution in [0.5, 0.6) is 17.2 Å². The van der Waals surface area contributed by atoms with E-state index >= 15 is 0 Å². The van der Waals surface area contributed by atoms with Gasteiger partial charge in [-0.2, -0.15) is 0 Å². The molecule has 0 amide bonds. The van der Waals surface area contributed by atoms with Gasteiger partial charge >= 0.3 is 5.69 Å². The van der Waals surface area contributed by atoms with E-state index in [4.69, 9.17) is 9.47 Å².